The highest BCUT2D eigenvalue weighted by molar-refractivity contribution is 5.49. The summed E-state index contributed by atoms with van der Waals surface area (Å²) in [5.74, 6) is 1.93. The van der Waals surface area contributed by atoms with E-state index in [0.717, 1.165) is 11.8 Å². The molecule has 1 aromatic rings. The lowest BCUT2D eigenvalue weighted by Gasteiger charge is -2.34. The number of nitrogens with zero attached hydrogens (tertiary/aromatic N) is 1. The van der Waals surface area contributed by atoms with Gasteiger partial charge in [0.15, 0.2) is 0 Å². The minimum absolute atomic E-state index is 0.263. The average molecular weight is 243 g/mol. The maximum absolute atomic E-state index is 2.61. The normalized spacial score (nSPS) is 27.6. The minimum Gasteiger partial charge on any atom is -0.371 e. The molecule has 98 valence electrons. The van der Waals surface area contributed by atoms with Crippen LogP contribution in [0.2, 0.25) is 0 Å². The Hall–Kier alpha value is -0.980. The van der Waals surface area contributed by atoms with E-state index in [2.05, 4.69) is 49.9 Å². The molecular formula is C17H25N. The Morgan fingerprint density at radius 1 is 0.944 bits per heavy atom. The van der Waals surface area contributed by atoms with Crippen LogP contribution in [0, 0.1) is 11.8 Å². The van der Waals surface area contributed by atoms with Crippen molar-refractivity contribution >= 4 is 5.69 Å². The summed E-state index contributed by atoms with van der Waals surface area (Å²) in [4.78, 5) is 2.61. The molecule has 0 N–H and O–H groups in total. The number of piperidine rings is 1. The minimum atomic E-state index is 0.263. The lowest BCUT2D eigenvalue weighted by Crippen LogP contribution is -2.36. The zero-order valence-corrected chi connectivity index (χ0v) is 11.9. The summed E-state index contributed by atoms with van der Waals surface area (Å²) >= 11 is 0. The lowest BCUT2D eigenvalue weighted by molar-refractivity contribution is 0.421. The van der Waals surface area contributed by atoms with Gasteiger partial charge < -0.3 is 4.90 Å². The van der Waals surface area contributed by atoms with Crippen molar-refractivity contribution in [2.24, 2.45) is 11.8 Å². The van der Waals surface area contributed by atoms with Gasteiger partial charge in [0.05, 0.1) is 0 Å². The zero-order valence-electron chi connectivity index (χ0n) is 11.9. The Balaban J connectivity index is 1.77. The summed E-state index contributed by atoms with van der Waals surface area (Å²) < 4.78 is 0. The molecule has 2 unspecified atom stereocenters. The summed E-state index contributed by atoms with van der Waals surface area (Å²) in [6.07, 6.45) is 4.40. The van der Waals surface area contributed by atoms with Crippen LogP contribution >= 0.6 is 0 Å². The molecule has 2 fully saturated rings. The van der Waals surface area contributed by atoms with Gasteiger partial charge in [-0.1, -0.05) is 32.9 Å². The van der Waals surface area contributed by atoms with E-state index in [1.54, 1.807) is 0 Å². The Morgan fingerprint density at radius 2 is 1.50 bits per heavy atom. The SMILES string of the molecule is CC(C)(C)c1ccc(N2CC3CCC(C3)C2)cc1. The molecule has 0 amide bonds. The number of anilines is 1. The number of benzene rings is 1. The first-order valence-corrected chi connectivity index (χ1v) is 7.38. The van der Waals surface area contributed by atoms with Crippen molar-refractivity contribution in [3.63, 3.8) is 0 Å². The summed E-state index contributed by atoms with van der Waals surface area (Å²) in [7, 11) is 0. The molecule has 1 aliphatic heterocycles. The second-order valence-electron chi connectivity index (χ2n) is 7.25. The smallest absolute Gasteiger partial charge is 0.0366 e. The highest BCUT2D eigenvalue weighted by Gasteiger charge is 2.32. The van der Waals surface area contributed by atoms with Crippen LogP contribution in [0.3, 0.4) is 0 Å². The molecule has 2 bridgehead atoms. The molecule has 1 heteroatoms. The Bertz CT molecular complexity index is 400. The molecule has 0 spiro atoms. The highest BCUT2D eigenvalue weighted by atomic mass is 15.1. The van der Waals surface area contributed by atoms with Gasteiger partial charge in [0.1, 0.15) is 0 Å². The van der Waals surface area contributed by atoms with Crippen LogP contribution in [0.5, 0.6) is 0 Å². The molecule has 1 saturated carbocycles. The molecule has 0 radical (unpaired) electrons. The van der Waals surface area contributed by atoms with Crippen LogP contribution in [-0.4, -0.2) is 13.1 Å². The molecule has 1 heterocycles. The fourth-order valence-corrected chi connectivity index (χ4v) is 3.59. The van der Waals surface area contributed by atoms with Gasteiger partial charge >= 0.3 is 0 Å². The summed E-state index contributed by atoms with van der Waals surface area (Å²) in [6, 6.07) is 9.27. The topological polar surface area (TPSA) is 3.24 Å². The number of hydrogen-bond acceptors (Lipinski definition) is 1. The van der Waals surface area contributed by atoms with Crippen LogP contribution < -0.4 is 4.90 Å². The van der Waals surface area contributed by atoms with Crippen molar-refractivity contribution in [3.05, 3.63) is 29.8 Å². The van der Waals surface area contributed by atoms with E-state index >= 15 is 0 Å². The molecule has 1 saturated heterocycles. The van der Waals surface area contributed by atoms with E-state index in [-0.39, 0.29) is 5.41 Å². The van der Waals surface area contributed by atoms with E-state index in [4.69, 9.17) is 0 Å². The molecule has 0 aromatic heterocycles. The zero-order chi connectivity index (χ0) is 12.8. The quantitative estimate of drug-likeness (QED) is 0.714. The van der Waals surface area contributed by atoms with Crippen molar-refractivity contribution in [3.8, 4) is 0 Å². The molecule has 1 aromatic carbocycles. The van der Waals surface area contributed by atoms with Crippen LogP contribution in [0.4, 0.5) is 5.69 Å². The van der Waals surface area contributed by atoms with Crippen molar-refractivity contribution in [1.82, 2.24) is 0 Å². The molecule has 2 aliphatic rings. The first kappa shape index (κ1) is 12.1. The fraction of sp³-hybridized carbons (Fsp3) is 0.647. The van der Waals surface area contributed by atoms with Gasteiger partial charge in [0, 0.05) is 18.8 Å². The maximum Gasteiger partial charge on any atom is 0.0366 e. The number of hydrogen-bond donors (Lipinski definition) is 0. The number of rotatable bonds is 1. The van der Waals surface area contributed by atoms with Crippen LogP contribution in [0.1, 0.15) is 45.6 Å². The van der Waals surface area contributed by atoms with Gasteiger partial charge in [-0.05, 0) is 54.2 Å². The van der Waals surface area contributed by atoms with Gasteiger partial charge in [-0.3, -0.25) is 0 Å². The summed E-state index contributed by atoms with van der Waals surface area (Å²) in [5, 5.41) is 0. The third-order valence-corrected chi connectivity index (χ3v) is 4.71. The summed E-state index contributed by atoms with van der Waals surface area (Å²) in [6.45, 7) is 9.41. The van der Waals surface area contributed by atoms with E-state index < -0.39 is 0 Å². The second-order valence-corrected chi connectivity index (χ2v) is 7.25. The lowest BCUT2D eigenvalue weighted by atomic mass is 9.87. The predicted octanol–water partition coefficient (Wildman–Crippen LogP) is 4.22. The monoisotopic (exact) mass is 243 g/mol. The molecule has 3 rings (SSSR count). The van der Waals surface area contributed by atoms with E-state index in [0.29, 0.717) is 0 Å². The van der Waals surface area contributed by atoms with Crippen LogP contribution in [-0.2, 0) is 5.41 Å². The van der Waals surface area contributed by atoms with Crippen molar-refractivity contribution < 1.29 is 0 Å². The standard InChI is InChI=1S/C17H25N/c1-17(2,3)15-6-8-16(9-7-15)18-11-13-4-5-14(10-13)12-18/h6-9,13-14H,4-5,10-12H2,1-3H3. The van der Waals surface area contributed by atoms with Crippen molar-refractivity contribution in [2.45, 2.75) is 45.4 Å². The van der Waals surface area contributed by atoms with Gasteiger partial charge in [-0.25, -0.2) is 0 Å². The van der Waals surface area contributed by atoms with Gasteiger partial charge in [-0.2, -0.15) is 0 Å². The van der Waals surface area contributed by atoms with Crippen molar-refractivity contribution in [1.29, 1.82) is 0 Å². The molecule has 2 atom stereocenters. The molecule has 1 nitrogen and oxygen atoms in total. The number of fused-ring (bicyclic) bond motifs is 2. The first-order chi connectivity index (χ1) is 8.52. The van der Waals surface area contributed by atoms with E-state index in [9.17, 15) is 0 Å². The largest absolute Gasteiger partial charge is 0.371 e. The second kappa shape index (κ2) is 4.29. The van der Waals surface area contributed by atoms with Crippen LogP contribution in [0.15, 0.2) is 24.3 Å². The fourth-order valence-electron chi connectivity index (χ4n) is 3.59. The third-order valence-electron chi connectivity index (χ3n) is 4.71. The van der Waals surface area contributed by atoms with E-state index in [1.807, 2.05) is 0 Å². The van der Waals surface area contributed by atoms with Crippen LogP contribution in [0.25, 0.3) is 0 Å². The molecule has 18 heavy (non-hydrogen) atoms. The highest BCUT2D eigenvalue weighted by Crippen LogP contribution is 2.38. The third kappa shape index (κ3) is 2.28. The van der Waals surface area contributed by atoms with Gasteiger partial charge in [0.25, 0.3) is 0 Å². The molecule has 1 aliphatic carbocycles. The predicted molar refractivity (Wildman–Crippen MR) is 78.2 cm³/mol. The Labute approximate surface area is 111 Å². The van der Waals surface area contributed by atoms with E-state index in [1.165, 1.54) is 43.6 Å². The Kier molecular flexibility index (Phi) is 2.88. The average Bonchev–Trinajstić information content (AvgIpc) is 2.67. The Morgan fingerprint density at radius 3 is 2.00 bits per heavy atom. The summed E-state index contributed by atoms with van der Waals surface area (Å²) in [5.41, 5.74) is 3.13. The van der Waals surface area contributed by atoms with Crippen molar-refractivity contribution in [2.75, 3.05) is 18.0 Å². The molecular weight excluding hydrogens is 218 g/mol. The van der Waals surface area contributed by atoms with Gasteiger partial charge in [-0.15, -0.1) is 0 Å². The van der Waals surface area contributed by atoms with Gasteiger partial charge in [0.2, 0.25) is 0 Å². The first-order valence-electron chi connectivity index (χ1n) is 7.38. The maximum atomic E-state index is 2.61.